The maximum Gasteiger partial charge on any atom is 0.345 e. The lowest BCUT2D eigenvalue weighted by Gasteiger charge is -2.23. The Morgan fingerprint density at radius 3 is 2.62 bits per heavy atom. The van der Waals surface area contributed by atoms with Crippen LogP contribution < -0.4 is 0 Å². The molecule has 1 aliphatic rings. The molecule has 1 heterocycles. The van der Waals surface area contributed by atoms with Crippen molar-refractivity contribution in [2.45, 2.75) is 76.2 Å². The van der Waals surface area contributed by atoms with Crippen molar-refractivity contribution in [3.05, 3.63) is 21.9 Å². The SMILES string of the molecule is CCCCCCC1C(O)CC(Cl)C1CCCc1ccc(C(=O)O)s1. The maximum atomic E-state index is 10.9. The first-order chi connectivity index (χ1) is 11.5. The second kappa shape index (κ2) is 9.79. The topological polar surface area (TPSA) is 57.5 Å². The smallest absolute Gasteiger partial charge is 0.345 e. The minimum absolute atomic E-state index is 0.0779. The van der Waals surface area contributed by atoms with Gasteiger partial charge in [0.1, 0.15) is 4.88 Å². The first-order valence-electron chi connectivity index (χ1n) is 9.17. The van der Waals surface area contributed by atoms with Crippen LogP contribution in [-0.4, -0.2) is 27.7 Å². The van der Waals surface area contributed by atoms with E-state index in [2.05, 4.69) is 6.92 Å². The molecule has 3 nitrogen and oxygen atoms in total. The van der Waals surface area contributed by atoms with E-state index in [0.717, 1.165) is 30.6 Å². The Hall–Kier alpha value is -0.580. The minimum atomic E-state index is -0.849. The van der Waals surface area contributed by atoms with E-state index in [1.807, 2.05) is 6.07 Å². The van der Waals surface area contributed by atoms with Gasteiger partial charge in [-0.2, -0.15) is 0 Å². The van der Waals surface area contributed by atoms with Crippen LogP contribution in [0.2, 0.25) is 0 Å². The standard InChI is InChI=1S/C19H29ClO3S/c1-2-3-4-5-8-15-14(16(20)12-17(15)21)9-6-7-13-10-11-18(24-13)19(22)23/h10-11,14-17,21H,2-9,12H2,1H3,(H,22,23). The van der Waals surface area contributed by atoms with Crippen LogP contribution in [0.25, 0.3) is 0 Å². The van der Waals surface area contributed by atoms with Crippen molar-refractivity contribution in [3.63, 3.8) is 0 Å². The number of unbranched alkanes of at least 4 members (excludes halogenated alkanes) is 3. The fourth-order valence-electron chi connectivity index (χ4n) is 3.88. The number of hydrogen-bond donors (Lipinski definition) is 2. The highest BCUT2D eigenvalue weighted by Crippen LogP contribution is 2.42. The molecule has 0 spiro atoms. The Labute approximate surface area is 154 Å². The molecule has 2 N–H and O–H groups in total. The third-order valence-corrected chi connectivity index (χ3v) is 6.83. The number of carbonyl (C=O) groups is 1. The Morgan fingerprint density at radius 2 is 1.96 bits per heavy atom. The van der Waals surface area contributed by atoms with Crippen molar-refractivity contribution in [1.82, 2.24) is 0 Å². The van der Waals surface area contributed by atoms with Gasteiger partial charge in [0, 0.05) is 10.3 Å². The Bertz CT molecular complexity index is 516. The van der Waals surface area contributed by atoms with Crippen molar-refractivity contribution in [3.8, 4) is 0 Å². The second-order valence-electron chi connectivity index (χ2n) is 6.96. The Morgan fingerprint density at radius 1 is 1.21 bits per heavy atom. The summed E-state index contributed by atoms with van der Waals surface area (Å²) in [6.07, 6.45) is 9.39. The van der Waals surface area contributed by atoms with Crippen LogP contribution in [0.3, 0.4) is 0 Å². The summed E-state index contributed by atoms with van der Waals surface area (Å²) in [5, 5.41) is 19.4. The van der Waals surface area contributed by atoms with E-state index in [9.17, 15) is 9.90 Å². The number of aliphatic hydroxyl groups excluding tert-OH is 1. The molecule has 1 aromatic rings. The van der Waals surface area contributed by atoms with Gasteiger partial charge in [0.05, 0.1) is 6.10 Å². The van der Waals surface area contributed by atoms with E-state index >= 15 is 0 Å². The van der Waals surface area contributed by atoms with Crippen LogP contribution in [-0.2, 0) is 6.42 Å². The van der Waals surface area contributed by atoms with Crippen LogP contribution in [0.15, 0.2) is 12.1 Å². The lowest BCUT2D eigenvalue weighted by Crippen LogP contribution is -2.21. The summed E-state index contributed by atoms with van der Waals surface area (Å²) >= 11 is 7.86. The molecule has 1 fully saturated rings. The zero-order valence-corrected chi connectivity index (χ0v) is 16.0. The lowest BCUT2D eigenvalue weighted by molar-refractivity contribution is 0.0702. The minimum Gasteiger partial charge on any atom is -0.477 e. The molecule has 4 unspecified atom stereocenters. The summed E-state index contributed by atoms with van der Waals surface area (Å²) in [5.41, 5.74) is 0. The maximum absolute atomic E-state index is 10.9. The van der Waals surface area contributed by atoms with Gasteiger partial charge in [-0.1, -0.05) is 32.6 Å². The van der Waals surface area contributed by atoms with E-state index in [4.69, 9.17) is 16.7 Å². The Balaban J connectivity index is 1.80. The van der Waals surface area contributed by atoms with Crippen LogP contribution in [0, 0.1) is 11.8 Å². The van der Waals surface area contributed by atoms with Crippen molar-refractivity contribution >= 4 is 28.9 Å². The van der Waals surface area contributed by atoms with E-state index in [-0.39, 0.29) is 11.5 Å². The van der Waals surface area contributed by atoms with Crippen LogP contribution >= 0.6 is 22.9 Å². The van der Waals surface area contributed by atoms with Crippen LogP contribution in [0.4, 0.5) is 0 Å². The van der Waals surface area contributed by atoms with Gasteiger partial charge in [0.2, 0.25) is 0 Å². The molecule has 24 heavy (non-hydrogen) atoms. The number of halogens is 1. The number of carboxylic acids is 1. The summed E-state index contributed by atoms with van der Waals surface area (Å²) in [6, 6.07) is 3.60. The number of aryl methyl sites for hydroxylation is 1. The average molecular weight is 373 g/mol. The third kappa shape index (κ3) is 5.47. The first-order valence-corrected chi connectivity index (χ1v) is 10.4. The predicted molar refractivity (Wildman–Crippen MR) is 100 cm³/mol. The molecule has 0 radical (unpaired) electrons. The highest BCUT2D eigenvalue weighted by Gasteiger charge is 2.40. The van der Waals surface area contributed by atoms with E-state index in [1.165, 1.54) is 37.0 Å². The van der Waals surface area contributed by atoms with Gasteiger partial charge < -0.3 is 10.2 Å². The normalized spacial score (nSPS) is 26.8. The summed E-state index contributed by atoms with van der Waals surface area (Å²) in [7, 11) is 0. The molecule has 0 amide bonds. The molecule has 5 heteroatoms. The van der Waals surface area contributed by atoms with Crippen LogP contribution in [0.5, 0.6) is 0 Å². The van der Waals surface area contributed by atoms with Gasteiger partial charge in [0.25, 0.3) is 0 Å². The van der Waals surface area contributed by atoms with Crippen molar-refractivity contribution in [1.29, 1.82) is 0 Å². The van der Waals surface area contributed by atoms with Gasteiger partial charge in [0.15, 0.2) is 0 Å². The van der Waals surface area contributed by atoms with E-state index < -0.39 is 5.97 Å². The summed E-state index contributed by atoms with van der Waals surface area (Å²) in [6.45, 7) is 2.21. The molecule has 4 atom stereocenters. The number of thiophene rings is 1. The highest BCUT2D eigenvalue weighted by molar-refractivity contribution is 7.13. The number of aliphatic hydroxyl groups is 1. The van der Waals surface area contributed by atoms with E-state index in [1.54, 1.807) is 6.07 Å². The van der Waals surface area contributed by atoms with Crippen molar-refractivity contribution in [2.75, 3.05) is 0 Å². The molecular weight excluding hydrogens is 344 g/mol. The first kappa shape index (κ1) is 19.7. The molecule has 0 saturated heterocycles. The zero-order chi connectivity index (χ0) is 17.5. The average Bonchev–Trinajstić information content (AvgIpc) is 3.10. The highest BCUT2D eigenvalue weighted by atomic mass is 35.5. The molecule has 1 saturated carbocycles. The molecule has 0 aliphatic heterocycles. The monoisotopic (exact) mass is 372 g/mol. The van der Waals surface area contributed by atoms with E-state index in [0.29, 0.717) is 23.1 Å². The van der Waals surface area contributed by atoms with Crippen LogP contribution in [0.1, 0.15) is 72.8 Å². The Kier molecular flexibility index (Phi) is 8.05. The molecule has 1 aromatic heterocycles. The van der Waals surface area contributed by atoms with Gasteiger partial charge in [-0.3, -0.25) is 0 Å². The fourth-order valence-corrected chi connectivity index (χ4v) is 5.27. The molecule has 0 bridgehead atoms. The molecule has 136 valence electrons. The fraction of sp³-hybridized carbons (Fsp3) is 0.737. The number of rotatable bonds is 10. The lowest BCUT2D eigenvalue weighted by atomic mass is 9.86. The quantitative estimate of drug-likeness (QED) is 0.430. The second-order valence-corrected chi connectivity index (χ2v) is 8.69. The van der Waals surface area contributed by atoms with Gasteiger partial charge in [-0.25, -0.2) is 4.79 Å². The zero-order valence-electron chi connectivity index (χ0n) is 14.4. The summed E-state index contributed by atoms with van der Waals surface area (Å²) in [4.78, 5) is 12.5. The van der Waals surface area contributed by atoms with Crippen molar-refractivity contribution in [2.24, 2.45) is 11.8 Å². The number of aromatic carboxylic acids is 1. The number of alkyl halides is 1. The third-order valence-electron chi connectivity index (χ3n) is 5.20. The molecule has 2 rings (SSSR count). The summed E-state index contributed by atoms with van der Waals surface area (Å²) < 4.78 is 0. The van der Waals surface area contributed by atoms with Crippen molar-refractivity contribution < 1.29 is 15.0 Å². The predicted octanol–water partition coefficient (Wildman–Crippen LogP) is 5.34. The van der Waals surface area contributed by atoms with Gasteiger partial charge in [-0.05, 0) is 56.1 Å². The van der Waals surface area contributed by atoms with Gasteiger partial charge in [-0.15, -0.1) is 22.9 Å². The largest absolute Gasteiger partial charge is 0.477 e. The summed E-state index contributed by atoms with van der Waals surface area (Å²) in [5.74, 6) is -0.123. The molecular formula is C19H29ClO3S. The number of hydrogen-bond acceptors (Lipinski definition) is 3. The number of carboxylic acid groups (broad SMARTS) is 1. The molecule has 0 aromatic carbocycles. The molecule has 1 aliphatic carbocycles. The van der Waals surface area contributed by atoms with Gasteiger partial charge >= 0.3 is 5.97 Å².